The van der Waals surface area contributed by atoms with Gasteiger partial charge in [0.1, 0.15) is 5.82 Å². The predicted molar refractivity (Wildman–Crippen MR) is 115 cm³/mol. The van der Waals surface area contributed by atoms with Crippen LogP contribution in [0, 0.1) is 5.82 Å². The third-order valence-corrected chi connectivity index (χ3v) is 4.65. The van der Waals surface area contributed by atoms with Crippen molar-refractivity contribution >= 4 is 11.8 Å². The van der Waals surface area contributed by atoms with Crippen molar-refractivity contribution in [3.63, 3.8) is 0 Å². The van der Waals surface area contributed by atoms with Gasteiger partial charge in [-0.15, -0.1) is 10.2 Å². The maximum absolute atomic E-state index is 13.6. The van der Waals surface area contributed by atoms with E-state index in [1.165, 1.54) is 16.9 Å². The molecule has 0 aliphatic rings. The molecular weight excluding hydrogens is 411 g/mol. The Hall–Kier alpha value is -4.40. The molecule has 0 atom stereocenters. The van der Waals surface area contributed by atoms with E-state index in [0.29, 0.717) is 17.9 Å². The molecule has 0 saturated heterocycles. The SMILES string of the molecule is O=C(Cc1ccccc1F)NNC(=O)c1ccc(Cn2nnc(-c3ccccc3)n2)cc1. The summed E-state index contributed by atoms with van der Waals surface area (Å²) in [6, 6.07) is 22.3. The van der Waals surface area contributed by atoms with E-state index < -0.39 is 17.6 Å². The first-order chi connectivity index (χ1) is 15.6. The van der Waals surface area contributed by atoms with Crippen molar-refractivity contribution in [1.29, 1.82) is 0 Å². The second kappa shape index (κ2) is 9.61. The van der Waals surface area contributed by atoms with Crippen molar-refractivity contribution in [3.8, 4) is 11.4 Å². The van der Waals surface area contributed by atoms with Crippen LogP contribution in [0.15, 0.2) is 78.9 Å². The van der Waals surface area contributed by atoms with Gasteiger partial charge in [-0.05, 0) is 34.5 Å². The number of hydrazine groups is 1. The minimum absolute atomic E-state index is 0.179. The lowest BCUT2D eigenvalue weighted by Crippen LogP contribution is -2.42. The van der Waals surface area contributed by atoms with Crippen LogP contribution < -0.4 is 10.9 Å². The normalized spacial score (nSPS) is 10.5. The Morgan fingerprint density at radius 1 is 0.875 bits per heavy atom. The molecule has 1 heterocycles. The number of halogens is 1. The zero-order chi connectivity index (χ0) is 22.3. The molecule has 0 bridgehead atoms. The topological polar surface area (TPSA) is 102 Å². The standard InChI is InChI=1S/C23H19FN6O2/c24-20-9-5-4-8-19(20)14-21(31)25-27-23(32)18-12-10-16(11-13-18)15-30-28-22(26-29-30)17-6-2-1-3-7-17/h1-13H,14-15H2,(H,25,31)(H,27,32). The van der Waals surface area contributed by atoms with Gasteiger partial charge in [0.05, 0.1) is 13.0 Å². The molecule has 9 heteroatoms. The average Bonchev–Trinajstić information content (AvgIpc) is 3.28. The monoisotopic (exact) mass is 430 g/mol. The van der Waals surface area contributed by atoms with Crippen LogP contribution in [0.25, 0.3) is 11.4 Å². The van der Waals surface area contributed by atoms with Crippen molar-refractivity contribution in [2.75, 3.05) is 0 Å². The summed E-state index contributed by atoms with van der Waals surface area (Å²) in [6.07, 6.45) is -0.179. The first-order valence-corrected chi connectivity index (χ1v) is 9.83. The van der Waals surface area contributed by atoms with Crippen molar-refractivity contribution in [2.45, 2.75) is 13.0 Å². The molecule has 8 nitrogen and oxygen atoms in total. The molecule has 4 rings (SSSR count). The summed E-state index contributed by atoms with van der Waals surface area (Å²) >= 11 is 0. The first-order valence-electron chi connectivity index (χ1n) is 9.83. The molecule has 0 radical (unpaired) electrons. The van der Waals surface area contributed by atoms with Gasteiger partial charge in [0.15, 0.2) is 0 Å². The van der Waals surface area contributed by atoms with Crippen LogP contribution in [0.5, 0.6) is 0 Å². The lowest BCUT2D eigenvalue weighted by Gasteiger charge is -2.08. The highest BCUT2D eigenvalue weighted by Crippen LogP contribution is 2.13. The molecule has 0 saturated carbocycles. The number of hydrogen-bond donors (Lipinski definition) is 2. The molecule has 2 N–H and O–H groups in total. The number of rotatable bonds is 6. The second-order valence-electron chi connectivity index (χ2n) is 6.98. The van der Waals surface area contributed by atoms with Crippen LogP contribution in [0.2, 0.25) is 0 Å². The number of amides is 2. The van der Waals surface area contributed by atoms with Gasteiger partial charge >= 0.3 is 0 Å². The fourth-order valence-corrected chi connectivity index (χ4v) is 3.00. The molecule has 0 fully saturated rings. The van der Waals surface area contributed by atoms with Crippen molar-refractivity contribution in [2.24, 2.45) is 0 Å². The number of aromatic nitrogens is 4. The van der Waals surface area contributed by atoms with Gasteiger partial charge in [-0.2, -0.15) is 4.80 Å². The summed E-state index contributed by atoms with van der Waals surface area (Å²) < 4.78 is 13.6. The summed E-state index contributed by atoms with van der Waals surface area (Å²) in [5, 5.41) is 12.5. The molecule has 4 aromatic rings. The lowest BCUT2D eigenvalue weighted by molar-refractivity contribution is -0.121. The van der Waals surface area contributed by atoms with E-state index in [1.807, 2.05) is 30.3 Å². The van der Waals surface area contributed by atoms with E-state index in [1.54, 1.807) is 36.4 Å². The quantitative estimate of drug-likeness (QED) is 0.458. The van der Waals surface area contributed by atoms with Gasteiger partial charge in [0.25, 0.3) is 5.91 Å². The first kappa shape index (κ1) is 20.9. The van der Waals surface area contributed by atoms with Gasteiger partial charge in [-0.25, -0.2) is 4.39 Å². The van der Waals surface area contributed by atoms with Crippen molar-refractivity contribution in [3.05, 3.63) is 101 Å². The summed E-state index contributed by atoms with van der Waals surface area (Å²) in [5.74, 6) is -0.940. The molecule has 0 spiro atoms. The fourth-order valence-electron chi connectivity index (χ4n) is 3.00. The molecule has 0 aliphatic carbocycles. The Morgan fingerprint density at radius 2 is 1.59 bits per heavy atom. The maximum atomic E-state index is 13.6. The van der Waals surface area contributed by atoms with E-state index in [9.17, 15) is 14.0 Å². The molecule has 0 aliphatic heterocycles. The molecule has 0 unspecified atom stereocenters. The zero-order valence-electron chi connectivity index (χ0n) is 16.9. The van der Waals surface area contributed by atoms with Crippen LogP contribution >= 0.6 is 0 Å². The Morgan fingerprint density at radius 3 is 2.34 bits per heavy atom. The van der Waals surface area contributed by atoms with Crippen LogP contribution in [0.1, 0.15) is 21.5 Å². The second-order valence-corrected chi connectivity index (χ2v) is 6.98. The van der Waals surface area contributed by atoms with E-state index in [-0.39, 0.29) is 12.0 Å². The van der Waals surface area contributed by atoms with Gasteiger partial charge in [-0.3, -0.25) is 20.4 Å². The average molecular weight is 430 g/mol. The van der Waals surface area contributed by atoms with Crippen molar-refractivity contribution < 1.29 is 14.0 Å². The number of tetrazole rings is 1. The number of carbonyl (C=O) groups excluding carboxylic acids is 2. The highest BCUT2D eigenvalue weighted by Gasteiger charge is 2.11. The van der Waals surface area contributed by atoms with E-state index in [4.69, 9.17) is 0 Å². The Labute approximate surface area is 183 Å². The largest absolute Gasteiger partial charge is 0.273 e. The lowest BCUT2D eigenvalue weighted by atomic mass is 10.1. The summed E-state index contributed by atoms with van der Waals surface area (Å²) in [4.78, 5) is 25.7. The highest BCUT2D eigenvalue weighted by molar-refractivity contribution is 5.95. The van der Waals surface area contributed by atoms with Crippen LogP contribution in [-0.2, 0) is 17.8 Å². The molecule has 32 heavy (non-hydrogen) atoms. The minimum atomic E-state index is -0.522. The number of nitrogens with one attached hydrogen (secondary N) is 2. The van der Waals surface area contributed by atoms with Gasteiger partial charge < -0.3 is 0 Å². The van der Waals surface area contributed by atoms with E-state index in [0.717, 1.165) is 11.1 Å². The molecule has 3 aromatic carbocycles. The van der Waals surface area contributed by atoms with Gasteiger partial charge in [0, 0.05) is 11.1 Å². The molecule has 160 valence electrons. The minimum Gasteiger partial charge on any atom is -0.273 e. The van der Waals surface area contributed by atoms with Crippen LogP contribution in [0.3, 0.4) is 0 Å². The molecule has 2 amide bonds. The smallest absolute Gasteiger partial charge is 0.269 e. The summed E-state index contributed by atoms with van der Waals surface area (Å²) in [6.45, 7) is 0.390. The zero-order valence-corrected chi connectivity index (χ0v) is 16.9. The number of benzene rings is 3. The fraction of sp³-hybridized carbons (Fsp3) is 0.0870. The number of nitrogens with zero attached hydrogens (tertiary/aromatic N) is 4. The third-order valence-electron chi connectivity index (χ3n) is 4.65. The van der Waals surface area contributed by atoms with Gasteiger partial charge in [-0.1, -0.05) is 60.7 Å². The number of carbonyl (C=O) groups is 2. The Bertz CT molecular complexity index is 1220. The summed E-state index contributed by atoms with van der Waals surface area (Å²) in [7, 11) is 0. The Balaban J connectivity index is 1.30. The van der Waals surface area contributed by atoms with E-state index in [2.05, 4.69) is 26.3 Å². The highest BCUT2D eigenvalue weighted by atomic mass is 19.1. The van der Waals surface area contributed by atoms with Gasteiger partial charge in [0.2, 0.25) is 11.7 Å². The molecular formula is C23H19FN6O2. The molecule has 1 aromatic heterocycles. The predicted octanol–water partition coefficient (Wildman–Crippen LogP) is 2.53. The van der Waals surface area contributed by atoms with Crippen molar-refractivity contribution in [1.82, 2.24) is 31.1 Å². The third kappa shape index (κ3) is 5.20. The van der Waals surface area contributed by atoms with E-state index >= 15 is 0 Å². The Kier molecular flexibility index (Phi) is 6.26. The van der Waals surface area contributed by atoms with Crippen LogP contribution in [-0.4, -0.2) is 32.0 Å². The van der Waals surface area contributed by atoms with Crippen LogP contribution in [0.4, 0.5) is 4.39 Å². The maximum Gasteiger partial charge on any atom is 0.269 e. The summed E-state index contributed by atoms with van der Waals surface area (Å²) in [5.41, 5.74) is 6.98. The number of hydrogen-bond acceptors (Lipinski definition) is 5.